The molecule has 4 aromatic rings. The Morgan fingerprint density at radius 3 is 2.27 bits per heavy atom. The number of likely N-dealkylation sites (tertiary alicyclic amines) is 1. The minimum Gasteiger partial charge on any atom is -0.451 e. The number of piperidine rings is 1. The SMILES string of the molecule is Cc1c(C(=O)NCCN2CCCCC2)oc2ccc(N(Cc3ccc(Br)cc3)S(=O)(=O)c3ccc(Br)cc3)cc12. The van der Waals surface area contributed by atoms with Crippen LogP contribution in [0.15, 0.2) is 85.0 Å². The molecule has 1 amide bonds. The van der Waals surface area contributed by atoms with Crippen molar-refractivity contribution in [2.45, 2.75) is 37.6 Å². The van der Waals surface area contributed by atoms with Gasteiger partial charge in [0.05, 0.1) is 17.1 Å². The molecule has 210 valence electrons. The van der Waals surface area contributed by atoms with Crippen LogP contribution in [-0.2, 0) is 16.6 Å². The van der Waals surface area contributed by atoms with Crippen LogP contribution in [0, 0.1) is 6.92 Å². The van der Waals surface area contributed by atoms with Gasteiger partial charge in [0.15, 0.2) is 5.76 Å². The molecular weight excluding hydrogens is 658 g/mol. The summed E-state index contributed by atoms with van der Waals surface area (Å²) in [6, 6.07) is 19.4. The summed E-state index contributed by atoms with van der Waals surface area (Å²) in [5.41, 5.74) is 2.53. The molecule has 5 rings (SSSR count). The number of aryl methyl sites for hydroxylation is 1. The lowest BCUT2D eigenvalue weighted by Gasteiger charge is -2.26. The standard InChI is InChI=1S/C30H31Br2N3O4S/c1-21-27-19-25(11-14-28(27)39-29(21)30(36)33-15-18-34-16-3-2-4-17-34)35(20-22-5-7-23(31)8-6-22)40(37,38)26-12-9-24(32)10-13-26/h5-14,19H,2-4,15-18,20H2,1H3,(H,33,36). The van der Waals surface area contributed by atoms with Crippen molar-refractivity contribution < 1.29 is 17.6 Å². The van der Waals surface area contributed by atoms with E-state index in [4.69, 9.17) is 4.42 Å². The average Bonchev–Trinajstić information content (AvgIpc) is 3.29. The van der Waals surface area contributed by atoms with E-state index in [0.29, 0.717) is 28.8 Å². The number of sulfonamides is 1. The van der Waals surface area contributed by atoms with E-state index in [9.17, 15) is 13.2 Å². The van der Waals surface area contributed by atoms with Crippen LogP contribution < -0.4 is 9.62 Å². The minimum atomic E-state index is -3.91. The van der Waals surface area contributed by atoms with Gasteiger partial charge in [-0.15, -0.1) is 0 Å². The highest BCUT2D eigenvalue weighted by Crippen LogP contribution is 2.33. The lowest BCUT2D eigenvalue weighted by molar-refractivity contribution is 0.0920. The van der Waals surface area contributed by atoms with Gasteiger partial charge in [-0.2, -0.15) is 0 Å². The smallest absolute Gasteiger partial charge is 0.287 e. The fourth-order valence-corrected chi connectivity index (χ4v) is 6.95. The molecule has 2 heterocycles. The molecule has 0 unspecified atom stereocenters. The molecule has 7 nitrogen and oxygen atoms in total. The zero-order chi connectivity index (χ0) is 28.3. The van der Waals surface area contributed by atoms with Gasteiger partial charge in [-0.3, -0.25) is 9.10 Å². The third-order valence-corrected chi connectivity index (χ3v) is 10.1. The Hall–Kier alpha value is -2.66. The zero-order valence-corrected chi connectivity index (χ0v) is 26.2. The Bertz CT molecular complexity index is 1600. The molecule has 1 aromatic heterocycles. The number of carbonyl (C=O) groups is 1. The Morgan fingerprint density at radius 2 is 1.60 bits per heavy atom. The number of nitrogens with one attached hydrogen (secondary N) is 1. The van der Waals surface area contributed by atoms with Gasteiger partial charge in [-0.05, 0) is 93.0 Å². The number of rotatable bonds is 9. The predicted molar refractivity (Wildman–Crippen MR) is 165 cm³/mol. The van der Waals surface area contributed by atoms with Crippen LogP contribution in [0.5, 0.6) is 0 Å². The molecule has 1 aliphatic rings. The lowest BCUT2D eigenvalue weighted by Crippen LogP contribution is -2.37. The summed E-state index contributed by atoms with van der Waals surface area (Å²) < 4.78 is 36.9. The van der Waals surface area contributed by atoms with E-state index < -0.39 is 10.0 Å². The molecule has 0 saturated carbocycles. The first-order chi connectivity index (χ1) is 19.2. The average molecular weight is 689 g/mol. The van der Waals surface area contributed by atoms with E-state index >= 15 is 0 Å². The first kappa shape index (κ1) is 28.9. The van der Waals surface area contributed by atoms with Gasteiger partial charge < -0.3 is 14.6 Å². The number of fused-ring (bicyclic) bond motifs is 1. The van der Waals surface area contributed by atoms with Crippen molar-refractivity contribution in [1.82, 2.24) is 10.2 Å². The van der Waals surface area contributed by atoms with Crippen molar-refractivity contribution in [1.29, 1.82) is 0 Å². The second-order valence-electron chi connectivity index (χ2n) is 9.99. The van der Waals surface area contributed by atoms with Crippen LogP contribution >= 0.6 is 31.9 Å². The second kappa shape index (κ2) is 12.5. The highest BCUT2D eigenvalue weighted by molar-refractivity contribution is 9.10. The molecule has 3 aromatic carbocycles. The summed E-state index contributed by atoms with van der Waals surface area (Å²) in [5, 5.41) is 3.68. The second-order valence-corrected chi connectivity index (χ2v) is 13.7. The van der Waals surface area contributed by atoms with E-state index in [1.165, 1.54) is 23.6 Å². The third kappa shape index (κ3) is 6.46. The molecule has 1 saturated heterocycles. The molecule has 0 spiro atoms. The summed E-state index contributed by atoms with van der Waals surface area (Å²) in [5.74, 6) is -0.0116. The summed E-state index contributed by atoms with van der Waals surface area (Å²) in [4.78, 5) is 15.6. The van der Waals surface area contributed by atoms with Gasteiger partial charge in [0, 0.05) is 33.0 Å². The van der Waals surface area contributed by atoms with E-state index in [1.807, 2.05) is 31.2 Å². The highest BCUT2D eigenvalue weighted by atomic mass is 79.9. The van der Waals surface area contributed by atoms with E-state index in [-0.39, 0.29) is 23.1 Å². The van der Waals surface area contributed by atoms with Crippen molar-refractivity contribution in [2.75, 3.05) is 30.5 Å². The fourth-order valence-electron chi connectivity index (χ4n) is 4.98. The van der Waals surface area contributed by atoms with Crippen LogP contribution in [0.2, 0.25) is 0 Å². The number of hydrogen-bond donors (Lipinski definition) is 1. The van der Waals surface area contributed by atoms with Crippen LogP contribution in [0.1, 0.15) is 40.9 Å². The van der Waals surface area contributed by atoms with Crippen LogP contribution in [0.3, 0.4) is 0 Å². The van der Waals surface area contributed by atoms with Crippen molar-refractivity contribution in [3.05, 3.63) is 92.6 Å². The number of carbonyl (C=O) groups excluding carboxylic acids is 1. The van der Waals surface area contributed by atoms with Crippen LogP contribution in [0.25, 0.3) is 11.0 Å². The first-order valence-electron chi connectivity index (χ1n) is 13.3. The molecular formula is C30H31Br2N3O4S. The largest absolute Gasteiger partial charge is 0.451 e. The highest BCUT2D eigenvalue weighted by Gasteiger charge is 2.27. The number of nitrogens with zero attached hydrogens (tertiary/aromatic N) is 2. The third-order valence-electron chi connectivity index (χ3n) is 7.22. The molecule has 40 heavy (non-hydrogen) atoms. The topological polar surface area (TPSA) is 82.9 Å². The van der Waals surface area contributed by atoms with Crippen molar-refractivity contribution in [3.63, 3.8) is 0 Å². The number of anilines is 1. The maximum Gasteiger partial charge on any atom is 0.287 e. The molecule has 0 atom stereocenters. The normalized spacial score (nSPS) is 14.4. The Balaban J connectivity index is 1.44. The lowest BCUT2D eigenvalue weighted by atomic mass is 10.1. The van der Waals surface area contributed by atoms with Crippen molar-refractivity contribution >= 4 is 64.4 Å². The summed E-state index contributed by atoms with van der Waals surface area (Å²) in [7, 11) is -3.91. The summed E-state index contributed by atoms with van der Waals surface area (Å²) in [6.07, 6.45) is 3.68. The molecule has 0 radical (unpaired) electrons. The maximum atomic E-state index is 13.9. The minimum absolute atomic E-state index is 0.137. The number of furan rings is 1. The van der Waals surface area contributed by atoms with Crippen LogP contribution in [0.4, 0.5) is 5.69 Å². The molecule has 1 aliphatic heterocycles. The molecule has 10 heteroatoms. The molecule has 0 bridgehead atoms. The van der Waals surface area contributed by atoms with Gasteiger partial charge in [0.25, 0.3) is 15.9 Å². The monoisotopic (exact) mass is 687 g/mol. The van der Waals surface area contributed by atoms with Crippen LogP contribution in [-0.4, -0.2) is 45.4 Å². The summed E-state index contributed by atoms with van der Waals surface area (Å²) in [6.45, 7) is 5.47. The zero-order valence-electron chi connectivity index (χ0n) is 22.2. The first-order valence-corrected chi connectivity index (χ1v) is 16.3. The Morgan fingerprint density at radius 1 is 0.950 bits per heavy atom. The van der Waals surface area contributed by atoms with Gasteiger partial charge in [-0.1, -0.05) is 50.4 Å². The van der Waals surface area contributed by atoms with E-state index in [2.05, 4.69) is 42.1 Å². The van der Waals surface area contributed by atoms with Gasteiger partial charge in [0.1, 0.15) is 5.58 Å². The number of halogens is 2. The quantitative estimate of drug-likeness (QED) is 0.207. The van der Waals surface area contributed by atoms with Gasteiger partial charge >= 0.3 is 0 Å². The summed E-state index contributed by atoms with van der Waals surface area (Å²) >= 11 is 6.82. The Kier molecular flexibility index (Phi) is 8.99. The predicted octanol–water partition coefficient (Wildman–Crippen LogP) is 6.88. The number of amides is 1. The van der Waals surface area contributed by atoms with Crippen molar-refractivity contribution in [2.24, 2.45) is 0 Å². The molecule has 0 aliphatic carbocycles. The van der Waals surface area contributed by atoms with E-state index in [1.54, 1.807) is 42.5 Å². The van der Waals surface area contributed by atoms with E-state index in [0.717, 1.165) is 34.1 Å². The number of hydrogen-bond acceptors (Lipinski definition) is 5. The van der Waals surface area contributed by atoms with Crippen molar-refractivity contribution in [3.8, 4) is 0 Å². The molecule has 1 N–H and O–H groups in total. The maximum absolute atomic E-state index is 13.9. The fraction of sp³-hybridized carbons (Fsp3) is 0.300. The number of benzene rings is 3. The van der Waals surface area contributed by atoms with Gasteiger partial charge in [0.2, 0.25) is 0 Å². The molecule has 1 fully saturated rings. The van der Waals surface area contributed by atoms with Gasteiger partial charge in [-0.25, -0.2) is 8.42 Å². The Labute approximate surface area is 251 Å².